The minimum absolute atomic E-state index is 0.0110. The van der Waals surface area contributed by atoms with Crippen LogP contribution >= 0.6 is 11.3 Å². The quantitative estimate of drug-likeness (QED) is 0.741. The molecule has 1 saturated carbocycles. The molecule has 0 saturated heterocycles. The molecule has 0 unspecified atom stereocenters. The van der Waals surface area contributed by atoms with Gasteiger partial charge in [-0.3, -0.25) is 4.79 Å². The number of H-pyrrole nitrogens is 1. The molecular weight excluding hydrogens is 222 g/mol. The molecule has 4 nitrogen and oxygen atoms in total. The number of hydrogen-bond acceptors (Lipinski definition) is 4. The van der Waals surface area contributed by atoms with Gasteiger partial charge < -0.3 is 16.0 Å². The number of rotatable bonds is 4. The lowest BCUT2D eigenvalue weighted by molar-refractivity contribution is 0.283. The van der Waals surface area contributed by atoms with Crippen molar-refractivity contribution in [2.75, 3.05) is 6.54 Å². The third-order valence-corrected chi connectivity index (χ3v) is 3.93. The fourth-order valence-corrected chi connectivity index (χ4v) is 2.86. The largest absolute Gasteiger partial charge is 0.324 e. The normalized spacial score (nSPS) is 19.8. The van der Waals surface area contributed by atoms with Crippen molar-refractivity contribution in [1.82, 2.24) is 10.3 Å². The van der Waals surface area contributed by atoms with E-state index < -0.39 is 0 Å². The van der Waals surface area contributed by atoms with Crippen LogP contribution in [0.1, 0.15) is 37.8 Å². The van der Waals surface area contributed by atoms with E-state index in [1.54, 1.807) is 0 Å². The minimum atomic E-state index is -0.0332. The smallest absolute Gasteiger partial charge is 0.304 e. The van der Waals surface area contributed by atoms with Gasteiger partial charge in [-0.1, -0.05) is 30.6 Å². The molecule has 1 aliphatic rings. The van der Waals surface area contributed by atoms with Gasteiger partial charge in [0.1, 0.15) is 0 Å². The van der Waals surface area contributed by atoms with Gasteiger partial charge in [0.2, 0.25) is 0 Å². The molecule has 1 aromatic rings. The lowest BCUT2D eigenvalue weighted by Gasteiger charge is -2.33. The van der Waals surface area contributed by atoms with E-state index in [0.717, 1.165) is 25.1 Å². The highest BCUT2D eigenvalue weighted by Gasteiger charge is 2.26. The molecule has 16 heavy (non-hydrogen) atoms. The Morgan fingerprint density at radius 3 is 2.81 bits per heavy atom. The average molecular weight is 241 g/mol. The Kier molecular flexibility index (Phi) is 3.78. The van der Waals surface area contributed by atoms with Crippen molar-refractivity contribution in [3.05, 3.63) is 20.7 Å². The Morgan fingerprint density at radius 2 is 2.19 bits per heavy atom. The third-order valence-electron chi connectivity index (χ3n) is 3.21. The van der Waals surface area contributed by atoms with Crippen molar-refractivity contribution < 1.29 is 0 Å². The van der Waals surface area contributed by atoms with Gasteiger partial charge in [-0.25, -0.2) is 0 Å². The van der Waals surface area contributed by atoms with E-state index in [1.165, 1.54) is 30.6 Å². The molecule has 0 aliphatic heterocycles. The van der Waals surface area contributed by atoms with Crippen LogP contribution in [0.3, 0.4) is 0 Å². The molecule has 4 N–H and O–H groups in total. The zero-order chi connectivity index (χ0) is 11.4. The van der Waals surface area contributed by atoms with Crippen molar-refractivity contribution in [3.63, 3.8) is 0 Å². The van der Waals surface area contributed by atoms with Gasteiger partial charge in [0.15, 0.2) is 0 Å². The molecular formula is C11H19N3OS. The molecule has 0 radical (unpaired) electrons. The van der Waals surface area contributed by atoms with Gasteiger partial charge >= 0.3 is 4.87 Å². The van der Waals surface area contributed by atoms with Gasteiger partial charge in [-0.05, 0) is 12.8 Å². The second kappa shape index (κ2) is 5.12. The predicted molar refractivity (Wildman–Crippen MR) is 66.6 cm³/mol. The molecule has 90 valence electrons. The summed E-state index contributed by atoms with van der Waals surface area (Å²) in [7, 11) is 0. The van der Waals surface area contributed by atoms with Gasteiger partial charge in [-0.2, -0.15) is 0 Å². The zero-order valence-corrected chi connectivity index (χ0v) is 10.2. The highest BCUT2D eigenvalue weighted by molar-refractivity contribution is 7.07. The van der Waals surface area contributed by atoms with Crippen molar-refractivity contribution in [3.8, 4) is 0 Å². The van der Waals surface area contributed by atoms with E-state index in [0.29, 0.717) is 6.54 Å². The first kappa shape index (κ1) is 11.8. The van der Waals surface area contributed by atoms with Crippen molar-refractivity contribution in [2.45, 2.75) is 44.2 Å². The van der Waals surface area contributed by atoms with E-state index >= 15 is 0 Å². The molecule has 0 aromatic carbocycles. The van der Waals surface area contributed by atoms with Crippen LogP contribution in [0.5, 0.6) is 0 Å². The van der Waals surface area contributed by atoms with Gasteiger partial charge in [0.25, 0.3) is 0 Å². The number of thiazole rings is 1. The maximum atomic E-state index is 10.9. The molecule has 0 atom stereocenters. The standard InChI is InChI=1S/C11H19N3OS/c12-11(4-2-1-3-5-11)8-13-6-9-7-16-10(15)14-9/h7,13H,1-6,8,12H2,(H,14,15). The van der Waals surface area contributed by atoms with Crippen LogP contribution in [-0.2, 0) is 6.54 Å². The van der Waals surface area contributed by atoms with Gasteiger partial charge in [-0.15, -0.1) is 0 Å². The molecule has 1 aromatic heterocycles. The monoisotopic (exact) mass is 241 g/mol. The Labute approximate surface area is 99.3 Å². The lowest BCUT2D eigenvalue weighted by Crippen LogP contribution is -2.49. The van der Waals surface area contributed by atoms with Gasteiger partial charge in [0, 0.05) is 29.7 Å². The summed E-state index contributed by atoms with van der Waals surface area (Å²) in [5.41, 5.74) is 7.22. The van der Waals surface area contributed by atoms with Crippen LogP contribution in [0, 0.1) is 0 Å². The lowest BCUT2D eigenvalue weighted by atomic mass is 9.82. The summed E-state index contributed by atoms with van der Waals surface area (Å²) in [4.78, 5) is 13.7. The summed E-state index contributed by atoms with van der Waals surface area (Å²) in [6, 6.07) is 0. The second-order valence-electron chi connectivity index (χ2n) is 4.70. The van der Waals surface area contributed by atoms with Crippen molar-refractivity contribution >= 4 is 11.3 Å². The average Bonchev–Trinajstić information content (AvgIpc) is 2.65. The van der Waals surface area contributed by atoms with Crippen LogP contribution in [0.2, 0.25) is 0 Å². The van der Waals surface area contributed by atoms with E-state index in [9.17, 15) is 4.79 Å². The van der Waals surface area contributed by atoms with E-state index in [1.807, 2.05) is 5.38 Å². The first-order valence-corrected chi connectivity index (χ1v) is 6.72. The highest BCUT2D eigenvalue weighted by Crippen LogP contribution is 2.25. The summed E-state index contributed by atoms with van der Waals surface area (Å²) in [6.07, 6.45) is 6.03. The zero-order valence-electron chi connectivity index (χ0n) is 9.42. The molecule has 0 amide bonds. The molecule has 2 rings (SSSR count). The number of aromatic amines is 1. The fourth-order valence-electron chi connectivity index (χ4n) is 2.28. The summed E-state index contributed by atoms with van der Waals surface area (Å²) < 4.78 is 0. The van der Waals surface area contributed by atoms with Crippen molar-refractivity contribution in [2.24, 2.45) is 5.73 Å². The second-order valence-corrected chi connectivity index (χ2v) is 5.54. The maximum Gasteiger partial charge on any atom is 0.304 e. The van der Waals surface area contributed by atoms with E-state index in [4.69, 9.17) is 5.73 Å². The third kappa shape index (κ3) is 3.17. The van der Waals surface area contributed by atoms with Crippen LogP contribution in [-0.4, -0.2) is 17.1 Å². The molecule has 0 spiro atoms. The minimum Gasteiger partial charge on any atom is -0.324 e. The van der Waals surface area contributed by atoms with Crippen molar-refractivity contribution in [1.29, 1.82) is 0 Å². The topological polar surface area (TPSA) is 70.9 Å². The van der Waals surface area contributed by atoms with Crippen LogP contribution in [0.4, 0.5) is 0 Å². The first-order chi connectivity index (χ1) is 7.68. The maximum absolute atomic E-state index is 10.9. The van der Waals surface area contributed by atoms with Crippen LogP contribution in [0.15, 0.2) is 10.2 Å². The molecule has 5 heteroatoms. The fraction of sp³-hybridized carbons (Fsp3) is 0.727. The SMILES string of the molecule is NC1(CNCc2csc(=O)[nH]2)CCCCC1. The summed E-state index contributed by atoms with van der Waals surface area (Å²) >= 11 is 1.21. The number of hydrogen-bond donors (Lipinski definition) is 3. The number of nitrogens with one attached hydrogen (secondary N) is 2. The van der Waals surface area contributed by atoms with E-state index in [-0.39, 0.29) is 10.4 Å². The Bertz CT molecular complexity index is 379. The van der Waals surface area contributed by atoms with Gasteiger partial charge in [0.05, 0.1) is 0 Å². The van der Waals surface area contributed by atoms with E-state index in [2.05, 4.69) is 10.3 Å². The van der Waals surface area contributed by atoms with Crippen LogP contribution in [0.25, 0.3) is 0 Å². The first-order valence-electron chi connectivity index (χ1n) is 5.84. The van der Waals surface area contributed by atoms with Crippen LogP contribution < -0.4 is 15.9 Å². The molecule has 1 fully saturated rings. The molecule has 1 aliphatic carbocycles. The summed E-state index contributed by atoms with van der Waals surface area (Å²) in [6.45, 7) is 1.54. The number of nitrogens with two attached hydrogens (primary N) is 1. The Balaban J connectivity index is 1.76. The number of aromatic nitrogens is 1. The molecule has 1 heterocycles. The highest BCUT2D eigenvalue weighted by atomic mass is 32.1. The summed E-state index contributed by atoms with van der Waals surface area (Å²) in [5, 5.41) is 5.20. The Morgan fingerprint density at radius 1 is 1.44 bits per heavy atom. The predicted octanol–water partition coefficient (Wildman–Crippen LogP) is 1.19. The Hall–Kier alpha value is -0.650. The molecule has 0 bridgehead atoms. The summed E-state index contributed by atoms with van der Waals surface area (Å²) in [5.74, 6) is 0.